The number of aromatic nitrogens is 10. The van der Waals surface area contributed by atoms with Crippen molar-refractivity contribution in [1.82, 2.24) is 60.1 Å². The van der Waals surface area contributed by atoms with Crippen molar-refractivity contribution in [3.05, 3.63) is 151 Å². The summed E-state index contributed by atoms with van der Waals surface area (Å²) in [5, 5.41) is 58.7. The Hall–Kier alpha value is -8.24. The summed E-state index contributed by atoms with van der Waals surface area (Å²) >= 11 is 13.5. The Balaban J connectivity index is 0.000000212. The molecule has 2 fully saturated rings. The number of amides is 1. The van der Waals surface area contributed by atoms with E-state index < -0.39 is 34.9 Å². The number of aliphatic carboxylic acids is 1. The first-order valence-electron chi connectivity index (χ1n) is 27.8. The van der Waals surface area contributed by atoms with Gasteiger partial charge in [0.2, 0.25) is 17.8 Å². The van der Waals surface area contributed by atoms with Gasteiger partial charge in [-0.2, -0.15) is 19.3 Å². The van der Waals surface area contributed by atoms with Crippen molar-refractivity contribution in [2.45, 2.75) is 117 Å². The van der Waals surface area contributed by atoms with Crippen molar-refractivity contribution in [2.24, 2.45) is 10.8 Å². The maximum absolute atomic E-state index is 14.0. The zero-order chi connectivity index (χ0) is 61.9. The molecule has 2 saturated carbocycles. The van der Waals surface area contributed by atoms with E-state index in [1.54, 1.807) is 55.9 Å². The average Bonchev–Trinajstić information content (AvgIpc) is 2.52. The summed E-state index contributed by atoms with van der Waals surface area (Å²) in [6.45, 7) is 17.4. The number of carboxylic acid groups (broad SMARTS) is 1. The molecule has 0 saturated heterocycles. The molecule has 85 heavy (non-hydrogen) atoms. The monoisotopic (exact) mass is 1190 g/mol. The third kappa shape index (κ3) is 14.0. The van der Waals surface area contributed by atoms with Gasteiger partial charge >= 0.3 is 5.97 Å². The summed E-state index contributed by atoms with van der Waals surface area (Å²) < 4.78 is 31.0. The SMILES string of the molecule is CNC.Cc1nc(F)ccc1[C@H](Cc1cc(Cl)c2ncc(C#N)c(NCC(C)(C)C)c2c1)c1cn(C2(C(=O)N(C)C)CC2)nn1.Cc1nc(F)ccc1[C@H](Cc1cc(Cl)c2ncc(C#N)c(NCC(C)(C)C)c2c1)c1cn(C2(C(=O)O)CC2)nn1. The van der Waals surface area contributed by atoms with Gasteiger partial charge in [-0.25, -0.2) is 24.1 Å². The smallest absolute Gasteiger partial charge is 0.331 e. The fraction of sp³-hybridized carbons (Fsp3) is 0.419. The number of carboxylic acids is 1. The van der Waals surface area contributed by atoms with Crippen molar-refractivity contribution in [1.29, 1.82) is 10.5 Å². The minimum absolute atomic E-state index is 0.0208. The highest BCUT2D eigenvalue weighted by Gasteiger charge is 2.55. The first kappa shape index (κ1) is 62.8. The fourth-order valence-electron chi connectivity index (χ4n) is 10.2. The number of pyridine rings is 4. The highest BCUT2D eigenvalue weighted by atomic mass is 35.5. The van der Waals surface area contributed by atoms with Crippen molar-refractivity contribution in [3.63, 3.8) is 0 Å². The van der Waals surface area contributed by atoms with Gasteiger partial charge in [-0.3, -0.25) is 14.8 Å². The number of nitrogens with zero attached hydrogens (tertiary/aromatic N) is 13. The van der Waals surface area contributed by atoms with E-state index in [9.17, 15) is 34.0 Å². The van der Waals surface area contributed by atoms with Gasteiger partial charge in [0.05, 0.1) is 67.4 Å². The van der Waals surface area contributed by atoms with Crippen LogP contribution in [0.2, 0.25) is 10.0 Å². The minimum atomic E-state index is -1.08. The molecule has 0 bridgehead atoms. The molecule has 23 heteroatoms. The van der Waals surface area contributed by atoms with Crippen LogP contribution in [0.25, 0.3) is 21.8 Å². The van der Waals surface area contributed by atoms with Gasteiger partial charge in [0.25, 0.3) is 0 Å². The standard InChI is InChI=1S/C31H34ClFN8O.C29H29ClFN7O2.C2H7N/c1-18-21(7-8-26(33)37-18)22(25-16-41(39-38-25)31(9-10-31)29(42)40(5)6)11-19-12-23-27(36-17-30(2,3)4)20(14-34)15-35-28(23)24(32)13-19;1-16-19(5-6-24(31)35-16)20(23-14-38(37-36-23)29(7-8-29)27(39)40)9-17-10-21-25(34-15-28(2,3)4)18(12-32)13-33-26(21)22(30)11-17;1-3-2/h7-8,12-13,15-16,22H,9-11,17H2,1-6H3,(H,35,36);5-6,10-11,13-14,20H,7-9,15H2,1-4H3,(H,33,34)(H,39,40);3H,1-2H3/t22-;20-;/m00./s1. The molecule has 6 aromatic heterocycles. The maximum Gasteiger partial charge on any atom is 0.331 e. The van der Waals surface area contributed by atoms with Crippen LogP contribution in [0, 0.1) is 59.2 Å². The Kier molecular flexibility index (Phi) is 18.6. The number of hydrogen-bond donors (Lipinski definition) is 4. The number of nitrogens with one attached hydrogen (secondary N) is 3. The summed E-state index contributed by atoms with van der Waals surface area (Å²) in [5.41, 5.74) is 6.90. The molecule has 8 aromatic rings. The van der Waals surface area contributed by atoms with Crippen LogP contribution < -0.4 is 16.0 Å². The van der Waals surface area contributed by atoms with Crippen LogP contribution in [-0.4, -0.2) is 113 Å². The number of carbonyl (C=O) groups excluding carboxylic acids is 1. The Morgan fingerprint density at radius 3 is 1.41 bits per heavy atom. The second-order valence-corrected chi connectivity index (χ2v) is 25.3. The zero-order valence-electron chi connectivity index (χ0n) is 49.8. The van der Waals surface area contributed by atoms with Crippen LogP contribution in [0.15, 0.2) is 73.3 Å². The van der Waals surface area contributed by atoms with Crippen LogP contribution in [0.5, 0.6) is 0 Å². The highest BCUT2D eigenvalue weighted by molar-refractivity contribution is 6.36. The fourth-order valence-corrected chi connectivity index (χ4v) is 10.8. The van der Waals surface area contributed by atoms with Crippen LogP contribution in [0.1, 0.15) is 135 Å². The third-order valence-electron chi connectivity index (χ3n) is 14.9. The molecular formula is C62H70Cl2F2N16O3. The third-order valence-corrected chi connectivity index (χ3v) is 15.5. The summed E-state index contributed by atoms with van der Waals surface area (Å²) in [7, 11) is 7.22. The van der Waals surface area contributed by atoms with Crippen molar-refractivity contribution < 1.29 is 23.5 Å². The van der Waals surface area contributed by atoms with Crippen LogP contribution in [0.4, 0.5) is 20.2 Å². The molecule has 2 aliphatic rings. The Bertz CT molecular complexity index is 3900. The summed E-state index contributed by atoms with van der Waals surface area (Å²) in [6, 6.07) is 18.1. The first-order valence-corrected chi connectivity index (χ1v) is 28.6. The number of anilines is 2. The number of carbonyl (C=O) groups is 2. The van der Waals surface area contributed by atoms with E-state index in [2.05, 4.69) is 110 Å². The molecule has 0 spiro atoms. The molecule has 1 amide bonds. The Morgan fingerprint density at radius 2 is 1.08 bits per heavy atom. The number of fused-ring (bicyclic) bond motifs is 2. The molecule has 0 unspecified atom stereocenters. The molecule has 0 radical (unpaired) electrons. The van der Waals surface area contributed by atoms with Gasteiger partial charge in [0.15, 0.2) is 5.54 Å². The van der Waals surface area contributed by atoms with Crippen LogP contribution in [0.3, 0.4) is 0 Å². The molecular weight excluding hydrogens is 1130 g/mol. The van der Waals surface area contributed by atoms with E-state index in [4.69, 9.17) is 23.2 Å². The second-order valence-electron chi connectivity index (χ2n) is 24.5. The van der Waals surface area contributed by atoms with E-state index in [1.807, 2.05) is 44.6 Å². The van der Waals surface area contributed by atoms with E-state index in [0.717, 1.165) is 27.6 Å². The van der Waals surface area contributed by atoms with Gasteiger partial charge in [-0.1, -0.05) is 87.3 Å². The number of nitriles is 2. The van der Waals surface area contributed by atoms with E-state index in [1.165, 1.54) is 29.2 Å². The van der Waals surface area contributed by atoms with Crippen LogP contribution >= 0.6 is 23.2 Å². The summed E-state index contributed by atoms with van der Waals surface area (Å²) in [5.74, 6) is -2.90. The molecule has 10 rings (SSSR count). The number of hydrogen-bond acceptors (Lipinski definition) is 15. The lowest BCUT2D eigenvalue weighted by Gasteiger charge is -2.22. The predicted molar refractivity (Wildman–Crippen MR) is 324 cm³/mol. The van der Waals surface area contributed by atoms with Gasteiger partial charge < -0.3 is 26.0 Å². The number of aryl methyl sites for hydroxylation is 2. The molecule has 19 nitrogen and oxygen atoms in total. The lowest BCUT2D eigenvalue weighted by Crippen LogP contribution is -2.38. The topological polar surface area (TPSA) is 254 Å². The van der Waals surface area contributed by atoms with Crippen molar-refractivity contribution >= 4 is 68.3 Å². The number of benzene rings is 2. The van der Waals surface area contributed by atoms with Gasteiger partial charge in [0.1, 0.15) is 17.7 Å². The molecule has 6 heterocycles. The lowest BCUT2D eigenvalue weighted by molar-refractivity contribution is -0.142. The molecule has 2 aliphatic carbocycles. The predicted octanol–water partition coefficient (Wildman–Crippen LogP) is 11.0. The van der Waals surface area contributed by atoms with E-state index >= 15 is 0 Å². The summed E-state index contributed by atoms with van der Waals surface area (Å²) in [4.78, 5) is 43.4. The molecule has 444 valence electrons. The van der Waals surface area contributed by atoms with Crippen molar-refractivity contribution in [3.8, 4) is 12.1 Å². The largest absolute Gasteiger partial charge is 0.479 e. The number of rotatable bonds is 16. The van der Waals surface area contributed by atoms with Crippen molar-refractivity contribution in [2.75, 3.05) is 51.9 Å². The van der Waals surface area contributed by atoms with E-state index in [0.29, 0.717) is 123 Å². The molecule has 4 N–H and O–H groups in total. The molecule has 0 aliphatic heterocycles. The van der Waals surface area contributed by atoms with Gasteiger partial charge in [-0.05, 0) is 136 Å². The summed E-state index contributed by atoms with van der Waals surface area (Å²) in [6.07, 6.45) is 9.68. The highest BCUT2D eigenvalue weighted by Crippen LogP contribution is 2.46. The minimum Gasteiger partial charge on any atom is -0.479 e. The molecule has 2 aromatic carbocycles. The second kappa shape index (κ2) is 25.1. The van der Waals surface area contributed by atoms with Gasteiger partial charge in [0, 0.05) is 73.6 Å². The maximum atomic E-state index is 14.0. The number of halogens is 4. The van der Waals surface area contributed by atoms with Gasteiger partial charge in [-0.15, -0.1) is 10.2 Å². The van der Waals surface area contributed by atoms with Crippen LogP contribution in [-0.2, 0) is 33.5 Å². The first-order chi connectivity index (χ1) is 40.2. The lowest BCUT2D eigenvalue weighted by atomic mass is 9.88. The number of likely N-dealkylation sites (N-methyl/N-ethyl adjacent to an activating group) is 1. The zero-order valence-corrected chi connectivity index (χ0v) is 51.3. The molecule has 2 atom stereocenters. The normalized spacial score (nSPS) is 14.6. The Morgan fingerprint density at radius 1 is 0.694 bits per heavy atom. The Labute approximate surface area is 503 Å². The quantitative estimate of drug-likeness (QED) is 0.0656. The average molecular weight is 1200 g/mol. The van der Waals surface area contributed by atoms with E-state index in [-0.39, 0.29) is 22.7 Å².